The largest absolute Gasteiger partial charge is 0.469 e. The average molecular weight is 314 g/mol. The minimum absolute atomic E-state index is 0.118. The van der Waals surface area contributed by atoms with Crippen LogP contribution in [0.2, 0.25) is 0 Å². The maximum atomic E-state index is 11.7. The molecule has 0 N–H and O–H groups in total. The van der Waals surface area contributed by atoms with Crippen LogP contribution in [-0.2, 0) is 33.3 Å². The number of rotatable bonds is 4. The molecule has 22 heavy (non-hydrogen) atoms. The summed E-state index contributed by atoms with van der Waals surface area (Å²) in [5, 5.41) is 0. The van der Waals surface area contributed by atoms with E-state index in [1.165, 1.54) is 14.2 Å². The first-order valence-electron chi connectivity index (χ1n) is 7.12. The molecule has 0 bridgehead atoms. The third-order valence-corrected chi connectivity index (χ3v) is 3.78. The fourth-order valence-corrected chi connectivity index (χ4v) is 2.74. The Morgan fingerprint density at radius 2 is 1.86 bits per heavy atom. The highest BCUT2D eigenvalue weighted by Gasteiger charge is 2.54. The third-order valence-electron chi connectivity index (χ3n) is 3.78. The molecule has 0 radical (unpaired) electrons. The molecule has 2 heterocycles. The Morgan fingerprint density at radius 3 is 2.45 bits per heavy atom. The molecule has 7 heteroatoms. The third kappa shape index (κ3) is 3.48. The lowest BCUT2D eigenvalue weighted by Gasteiger charge is -2.24. The Balaban J connectivity index is 2.19. The van der Waals surface area contributed by atoms with Gasteiger partial charge in [0, 0.05) is 11.5 Å². The number of methoxy groups -OCH3 is 2. The van der Waals surface area contributed by atoms with E-state index in [9.17, 15) is 9.59 Å². The fraction of sp³-hybridized carbons (Fsp3) is 0.733. The van der Waals surface area contributed by atoms with Crippen LogP contribution >= 0.6 is 0 Å². The molecule has 7 nitrogen and oxygen atoms in total. The van der Waals surface area contributed by atoms with Gasteiger partial charge in [-0.15, -0.1) is 0 Å². The highest BCUT2D eigenvalue weighted by molar-refractivity contribution is 5.87. The van der Waals surface area contributed by atoms with Crippen molar-refractivity contribution < 1.29 is 33.3 Å². The van der Waals surface area contributed by atoms with Gasteiger partial charge >= 0.3 is 11.9 Å². The number of hydrogen-bond donors (Lipinski definition) is 0. The summed E-state index contributed by atoms with van der Waals surface area (Å²) in [6, 6.07) is 0. The second-order valence-corrected chi connectivity index (χ2v) is 5.85. The summed E-state index contributed by atoms with van der Waals surface area (Å²) in [5.74, 6) is -1.87. The quantitative estimate of drug-likeness (QED) is 0.569. The molecule has 0 aliphatic carbocycles. The predicted molar refractivity (Wildman–Crippen MR) is 74.6 cm³/mol. The van der Waals surface area contributed by atoms with Crippen LogP contribution in [0.25, 0.3) is 0 Å². The van der Waals surface area contributed by atoms with E-state index >= 15 is 0 Å². The predicted octanol–water partition coefficient (Wildman–Crippen LogP) is 1.16. The summed E-state index contributed by atoms with van der Waals surface area (Å²) < 4.78 is 26.7. The highest BCUT2D eigenvalue weighted by Crippen LogP contribution is 2.42. The molecule has 0 aromatic carbocycles. The molecule has 0 amide bonds. The number of carbonyl (C=O) groups is 2. The number of fused-ring (bicyclic) bond motifs is 1. The Morgan fingerprint density at radius 1 is 1.18 bits per heavy atom. The van der Waals surface area contributed by atoms with Crippen molar-refractivity contribution in [2.24, 2.45) is 5.92 Å². The molecule has 0 unspecified atom stereocenters. The zero-order valence-corrected chi connectivity index (χ0v) is 13.5. The second kappa shape index (κ2) is 6.36. The molecule has 124 valence electrons. The van der Waals surface area contributed by atoms with Crippen LogP contribution in [0.4, 0.5) is 0 Å². The first kappa shape index (κ1) is 16.9. The van der Waals surface area contributed by atoms with Crippen molar-refractivity contribution in [1.82, 2.24) is 0 Å². The molecular formula is C15H22O7. The van der Waals surface area contributed by atoms with Gasteiger partial charge in [0.1, 0.15) is 6.10 Å². The first-order chi connectivity index (χ1) is 10.3. The minimum Gasteiger partial charge on any atom is -0.469 e. The number of esters is 2. The molecule has 0 saturated carbocycles. The molecule has 0 aromatic rings. The van der Waals surface area contributed by atoms with E-state index in [0.29, 0.717) is 5.57 Å². The molecule has 2 aliphatic heterocycles. The van der Waals surface area contributed by atoms with Crippen molar-refractivity contribution in [3.63, 3.8) is 0 Å². The molecule has 2 fully saturated rings. The van der Waals surface area contributed by atoms with Gasteiger partial charge in [0.25, 0.3) is 0 Å². The van der Waals surface area contributed by atoms with Crippen LogP contribution in [0.15, 0.2) is 11.6 Å². The van der Waals surface area contributed by atoms with Crippen molar-refractivity contribution in [2.45, 2.75) is 51.5 Å². The highest BCUT2D eigenvalue weighted by atomic mass is 16.8. The SMILES string of the molecule is COC(=O)C[C@H]1[C@H]2OC(C)(C)O[C@H]2O[C@@H]1/C=C(\C)C(=O)OC. The van der Waals surface area contributed by atoms with Gasteiger partial charge in [0.2, 0.25) is 0 Å². The minimum atomic E-state index is -0.768. The smallest absolute Gasteiger partial charge is 0.333 e. The zero-order valence-electron chi connectivity index (χ0n) is 13.5. The summed E-state index contributed by atoms with van der Waals surface area (Å²) in [4.78, 5) is 23.2. The van der Waals surface area contributed by atoms with Crippen LogP contribution in [-0.4, -0.2) is 50.4 Å². The van der Waals surface area contributed by atoms with Gasteiger partial charge in [0.15, 0.2) is 12.1 Å². The van der Waals surface area contributed by atoms with Gasteiger partial charge in [-0.2, -0.15) is 0 Å². The fourth-order valence-electron chi connectivity index (χ4n) is 2.74. The standard InChI is InChI=1S/C15H22O7/c1-8(13(17)19-5)6-10-9(7-11(16)18-4)12-14(20-10)22-15(2,3)21-12/h6,9-10,12,14H,7H2,1-5H3/b8-6+/t9-,10-,12-,14-/m1/s1. The normalized spacial score (nSPS) is 33.4. The van der Waals surface area contributed by atoms with Gasteiger partial charge in [-0.3, -0.25) is 4.79 Å². The van der Waals surface area contributed by atoms with Gasteiger partial charge < -0.3 is 23.7 Å². The van der Waals surface area contributed by atoms with Crippen molar-refractivity contribution in [2.75, 3.05) is 14.2 Å². The molecule has 0 spiro atoms. The Labute approximate surface area is 129 Å². The van der Waals surface area contributed by atoms with E-state index in [2.05, 4.69) is 4.74 Å². The van der Waals surface area contributed by atoms with Gasteiger partial charge in [-0.1, -0.05) is 0 Å². The van der Waals surface area contributed by atoms with E-state index in [1.54, 1.807) is 26.8 Å². The molecule has 4 atom stereocenters. The maximum absolute atomic E-state index is 11.7. The van der Waals surface area contributed by atoms with Crippen LogP contribution < -0.4 is 0 Å². The number of ether oxygens (including phenoxy) is 5. The summed E-state index contributed by atoms with van der Waals surface area (Å²) in [7, 11) is 2.64. The zero-order chi connectivity index (χ0) is 16.5. The monoisotopic (exact) mass is 314 g/mol. The van der Waals surface area contributed by atoms with E-state index in [4.69, 9.17) is 18.9 Å². The first-order valence-corrected chi connectivity index (χ1v) is 7.12. The van der Waals surface area contributed by atoms with Crippen LogP contribution in [0, 0.1) is 5.92 Å². The topological polar surface area (TPSA) is 80.3 Å². The number of hydrogen-bond acceptors (Lipinski definition) is 7. The van der Waals surface area contributed by atoms with Crippen molar-refractivity contribution in [3.05, 3.63) is 11.6 Å². The van der Waals surface area contributed by atoms with E-state index < -0.39 is 24.2 Å². The summed E-state index contributed by atoms with van der Waals surface area (Å²) in [6.07, 6.45) is 0.311. The Hall–Kier alpha value is -1.44. The molecule has 2 aliphatic rings. The molecule has 2 saturated heterocycles. The van der Waals surface area contributed by atoms with Gasteiger partial charge in [-0.05, 0) is 26.8 Å². The Kier molecular flexibility index (Phi) is 4.89. The summed E-state index contributed by atoms with van der Waals surface area (Å²) >= 11 is 0. The average Bonchev–Trinajstić information content (AvgIpc) is 2.91. The van der Waals surface area contributed by atoms with Crippen LogP contribution in [0.3, 0.4) is 0 Å². The lowest BCUT2D eigenvalue weighted by molar-refractivity contribution is -0.205. The maximum Gasteiger partial charge on any atom is 0.333 e. The molecular weight excluding hydrogens is 292 g/mol. The lowest BCUT2D eigenvalue weighted by Crippen LogP contribution is -2.31. The Bertz CT molecular complexity index is 482. The summed E-state index contributed by atoms with van der Waals surface area (Å²) in [5.41, 5.74) is 0.404. The van der Waals surface area contributed by atoms with Crippen molar-refractivity contribution >= 4 is 11.9 Å². The van der Waals surface area contributed by atoms with E-state index in [-0.39, 0.29) is 24.4 Å². The van der Waals surface area contributed by atoms with Crippen LogP contribution in [0.5, 0.6) is 0 Å². The summed E-state index contributed by atoms with van der Waals surface area (Å²) in [6.45, 7) is 5.20. The van der Waals surface area contributed by atoms with Gasteiger partial charge in [0.05, 0.1) is 26.7 Å². The number of carbonyl (C=O) groups excluding carboxylic acids is 2. The second-order valence-electron chi connectivity index (χ2n) is 5.85. The van der Waals surface area contributed by atoms with E-state index in [0.717, 1.165) is 0 Å². The molecule has 0 aromatic heterocycles. The molecule has 2 rings (SSSR count). The lowest BCUT2D eigenvalue weighted by atomic mass is 9.93. The van der Waals surface area contributed by atoms with Crippen molar-refractivity contribution in [1.29, 1.82) is 0 Å². The van der Waals surface area contributed by atoms with Gasteiger partial charge in [-0.25, -0.2) is 4.79 Å². The van der Waals surface area contributed by atoms with E-state index in [1.807, 2.05) is 0 Å². The van der Waals surface area contributed by atoms with Crippen molar-refractivity contribution in [3.8, 4) is 0 Å². The van der Waals surface area contributed by atoms with Crippen LogP contribution in [0.1, 0.15) is 27.2 Å².